The van der Waals surface area contributed by atoms with Crippen LogP contribution in [0, 0.1) is 0 Å². The van der Waals surface area contributed by atoms with Crippen LogP contribution in [0.5, 0.6) is 0 Å². The van der Waals surface area contributed by atoms with Gasteiger partial charge in [0.1, 0.15) is 0 Å². The lowest BCUT2D eigenvalue weighted by Gasteiger charge is -2.41. The Bertz CT molecular complexity index is 123. The van der Waals surface area contributed by atoms with Crippen LogP contribution in [0.1, 0.15) is 13.8 Å². The Morgan fingerprint density at radius 3 is 2.82 bits per heavy atom. The van der Waals surface area contributed by atoms with Gasteiger partial charge < -0.3 is 10.5 Å². The number of hydrogen-bond acceptors (Lipinski definition) is 3. The van der Waals surface area contributed by atoms with Gasteiger partial charge in [-0.25, -0.2) is 0 Å². The van der Waals surface area contributed by atoms with Crippen LogP contribution in [0.3, 0.4) is 0 Å². The van der Waals surface area contributed by atoms with Gasteiger partial charge in [-0.3, -0.25) is 4.90 Å². The van der Waals surface area contributed by atoms with Gasteiger partial charge in [-0.2, -0.15) is 0 Å². The molecule has 0 aromatic carbocycles. The van der Waals surface area contributed by atoms with E-state index in [1.807, 2.05) is 0 Å². The molecule has 1 rings (SSSR count). The van der Waals surface area contributed by atoms with Gasteiger partial charge >= 0.3 is 0 Å². The zero-order valence-electron chi connectivity index (χ0n) is 7.47. The molecule has 2 N–H and O–H groups in total. The lowest BCUT2D eigenvalue weighted by atomic mass is 10.0. The van der Waals surface area contributed by atoms with Crippen molar-refractivity contribution in [3.8, 4) is 0 Å². The molecule has 1 aliphatic rings. The van der Waals surface area contributed by atoms with E-state index >= 15 is 0 Å². The topological polar surface area (TPSA) is 38.5 Å². The average Bonchev–Trinajstić information content (AvgIpc) is 1.94. The van der Waals surface area contributed by atoms with Crippen molar-refractivity contribution in [2.24, 2.45) is 5.73 Å². The molecule has 0 atom stereocenters. The zero-order valence-corrected chi connectivity index (χ0v) is 7.47. The molecular formula is C8H18N2O. The first-order valence-corrected chi connectivity index (χ1v) is 4.20. The van der Waals surface area contributed by atoms with Gasteiger partial charge in [-0.05, 0) is 13.8 Å². The maximum atomic E-state index is 5.50. The minimum Gasteiger partial charge on any atom is -0.378 e. The standard InChI is InChI=1S/C8H18N2O/c1-8(2)7-11-6-5-10(8)4-3-9/h3-7,9H2,1-2H3. The quantitative estimate of drug-likeness (QED) is 0.617. The second kappa shape index (κ2) is 3.52. The third kappa shape index (κ3) is 2.15. The van der Waals surface area contributed by atoms with Gasteiger partial charge in [-0.15, -0.1) is 0 Å². The third-order valence-electron chi connectivity index (χ3n) is 2.22. The molecule has 11 heavy (non-hydrogen) atoms. The van der Waals surface area contributed by atoms with Crippen molar-refractivity contribution < 1.29 is 4.74 Å². The molecule has 0 unspecified atom stereocenters. The summed E-state index contributed by atoms with van der Waals surface area (Å²) in [5, 5.41) is 0. The Hall–Kier alpha value is -0.120. The smallest absolute Gasteiger partial charge is 0.0645 e. The molecule has 1 heterocycles. The van der Waals surface area contributed by atoms with Crippen molar-refractivity contribution in [1.29, 1.82) is 0 Å². The molecule has 0 aromatic rings. The number of ether oxygens (including phenoxy) is 1. The molecule has 66 valence electrons. The van der Waals surface area contributed by atoms with Crippen LogP contribution in [0.4, 0.5) is 0 Å². The van der Waals surface area contributed by atoms with Crippen molar-refractivity contribution >= 4 is 0 Å². The summed E-state index contributed by atoms with van der Waals surface area (Å²) in [6, 6.07) is 0. The first-order chi connectivity index (χ1) is 5.17. The molecule has 1 saturated heterocycles. The van der Waals surface area contributed by atoms with Crippen LogP contribution in [0.2, 0.25) is 0 Å². The summed E-state index contributed by atoms with van der Waals surface area (Å²) in [6.07, 6.45) is 0. The molecule has 0 saturated carbocycles. The predicted octanol–water partition coefficient (Wildman–Crippen LogP) is 0.0559. The van der Waals surface area contributed by atoms with E-state index in [4.69, 9.17) is 10.5 Å². The number of nitrogens with zero attached hydrogens (tertiary/aromatic N) is 1. The van der Waals surface area contributed by atoms with E-state index in [1.165, 1.54) is 0 Å². The highest BCUT2D eigenvalue weighted by atomic mass is 16.5. The first kappa shape index (κ1) is 8.97. The Morgan fingerprint density at radius 1 is 1.55 bits per heavy atom. The summed E-state index contributed by atoms with van der Waals surface area (Å²) in [5.74, 6) is 0. The number of morpholine rings is 1. The fourth-order valence-electron chi connectivity index (χ4n) is 1.46. The van der Waals surface area contributed by atoms with Crippen molar-refractivity contribution in [3.63, 3.8) is 0 Å². The highest BCUT2D eigenvalue weighted by Crippen LogP contribution is 2.17. The molecule has 0 bridgehead atoms. The summed E-state index contributed by atoms with van der Waals surface area (Å²) in [5.41, 5.74) is 5.68. The molecule has 1 fully saturated rings. The van der Waals surface area contributed by atoms with Gasteiger partial charge in [0.25, 0.3) is 0 Å². The van der Waals surface area contributed by atoms with Gasteiger partial charge in [-0.1, -0.05) is 0 Å². The molecule has 0 spiro atoms. The van der Waals surface area contributed by atoms with Crippen LogP contribution >= 0.6 is 0 Å². The van der Waals surface area contributed by atoms with Gasteiger partial charge in [0.15, 0.2) is 0 Å². The Balaban J connectivity index is 2.45. The fraction of sp³-hybridized carbons (Fsp3) is 1.00. The Labute approximate surface area is 68.5 Å². The van der Waals surface area contributed by atoms with Gasteiger partial charge in [0.05, 0.1) is 13.2 Å². The van der Waals surface area contributed by atoms with Crippen LogP contribution in [0.15, 0.2) is 0 Å². The highest BCUT2D eigenvalue weighted by molar-refractivity contribution is 4.84. The monoisotopic (exact) mass is 158 g/mol. The SMILES string of the molecule is CC1(C)COCCN1CCN. The summed E-state index contributed by atoms with van der Waals surface area (Å²) in [7, 11) is 0. The number of rotatable bonds is 2. The Morgan fingerprint density at radius 2 is 2.27 bits per heavy atom. The molecule has 0 aromatic heterocycles. The van der Waals surface area contributed by atoms with E-state index in [-0.39, 0.29) is 5.54 Å². The number of hydrogen-bond donors (Lipinski definition) is 1. The van der Waals surface area contributed by atoms with Gasteiger partial charge in [0.2, 0.25) is 0 Å². The maximum Gasteiger partial charge on any atom is 0.0645 e. The second-order valence-electron chi connectivity index (χ2n) is 3.64. The van der Waals surface area contributed by atoms with Crippen LogP contribution < -0.4 is 5.73 Å². The minimum absolute atomic E-state index is 0.178. The van der Waals surface area contributed by atoms with E-state index in [2.05, 4.69) is 18.7 Å². The second-order valence-corrected chi connectivity index (χ2v) is 3.64. The largest absolute Gasteiger partial charge is 0.378 e. The van der Waals surface area contributed by atoms with E-state index in [9.17, 15) is 0 Å². The van der Waals surface area contributed by atoms with E-state index in [0.717, 1.165) is 32.8 Å². The summed E-state index contributed by atoms with van der Waals surface area (Å²) >= 11 is 0. The summed E-state index contributed by atoms with van der Waals surface area (Å²) in [6.45, 7) is 8.81. The molecule has 0 aliphatic carbocycles. The van der Waals surface area contributed by atoms with Gasteiger partial charge in [0, 0.05) is 25.2 Å². The maximum absolute atomic E-state index is 5.50. The summed E-state index contributed by atoms with van der Waals surface area (Å²) in [4.78, 5) is 2.39. The predicted molar refractivity (Wildman–Crippen MR) is 45.5 cm³/mol. The lowest BCUT2D eigenvalue weighted by Crippen LogP contribution is -2.54. The molecule has 0 amide bonds. The first-order valence-electron chi connectivity index (χ1n) is 4.20. The van der Waals surface area contributed by atoms with E-state index < -0.39 is 0 Å². The molecule has 1 aliphatic heterocycles. The van der Waals surface area contributed by atoms with Crippen LogP contribution in [-0.2, 0) is 4.74 Å². The van der Waals surface area contributed by atoms with E-state index in [1.54, 1.807) is 0 Å². The van der Waals surface area contributed by atoms with E-state index in [0.29, 0.717) is 0 Å². The Kier molecular flexibility index (Phi) is 2.87. The van der Waals surface area contributed by atoms with Crippen molar-refractivity contribution in [2.45, 2.75) is 19.4 Å². The summed E-state index contributed by atoms with van der Waals surface area (Å²) < 4.78 is 5.38. The fourth-order valence-corrected chi connectivity index (χ4v) is 1.46. The van der Waals surface area contributed by atoms with Crippen molar-refractivity contribution in [3.05, 3.63) is 0 Å². The van der Waals surface area contributed by atoms with Crippen LogP contribution in [-0.4, -0.2) is 43.3 Å². The van der Waals surface area contributed by atoms with Crippen molar-refractivity contribution in [1.82, 2.24) is 4.90 Å². The molecule has 0 radical (unpaired) electrons. The molecule has 3 heteroatoms. The lowest BCUT2D eigenvalue weighted by molar-refractivity contribution is -0.0491. The minimum atomic E-state index is 0.178. The molecule has 3 nitrogen and oxygen atoms in total. The van der Waals surface area contributed by atoms with Crippen LogP contribution in [0.25, 0.3) is 0 Å². The normalized spacial score (nSPS) is 25.4. The zero-order chi connectivity index (χ0) is 8.32. The average molecular weight is 158 g/mol. The molecular weight excluding hydrogens is 140 g/mol. The third-order valence-corrected chi connectivity index (χ3v) is 2.22. The van der Waals surface area contributed by atoms with Crippen molar-refractivity contribution in [2.75, 3.05) is 32.8 Å². The highest BCUT2D eigenvalue weighted by Gasteiger charge is 2.29. The number of nitrogens with two attached hydrogens (primary N) is 1.